The van der Waals surface area contributed by atoms with Crippen molar-refractivity contribution in [2.75, 3.05) is 55.1 Å². The maximum Gasteiger partial charge on any atom is 0.323 e. The van der Waals surface area contributed by atoms with E-state index in [1.165, 1.54) is 11.9 Å². The van der Waals surface area contributed by atoms with Gasteiger partial charge in [-0.1, -0.05) is 30.3 Å². The molecule has 9 heteroatoms. The molecule has 3 N–H and O–H groups in total. The maximum absolute atomic E-state index is 12.6. The quantitative estimate of drug-likeness (QED) is 0.174. The van der Waals surface area contributed by atoms with Gasteiger partial charge in [0, 0.05) is 56.5 Å². The van der Waals surface area contributed by atoms with E-state index >= 15 is 0 Å². The zero-order valence-corrected chi connectivity index (χ0v) is 24.7. The van der Waals surface area contributed by atoms with Gasteiger partial charge in [0.1, 0.15) is 5.75 Å². The summed E-state index contributed by atoms with van der Waals surface area (Å²) >= 11 is 1.42. The van der Waals surface area contributed by atoms with E-state index < -0.39 is 0 Å². The first-order valence-corrected chi connectivity index (χ1v) is 14.0. The van der Waals surface area contributed by atoms with Crippen LogP contribution in [0.15, 0.2) is 95.9 Å². The second-order valence-corrected chi connectivity index (χ2v) is 10.5. The van der Waals surface area contributed by atoms with Gasteiger partial charge in [-0.15, -0.1) is 0 Å². The fraction of sp³-hybridized carbons (Fsp3) is 0.188. The number of ether oxygens (including phenoxy) is 1. The minimum atomic E-state index is -0.327. The van der Waals surface area contributed by atoms with Gasteiger partial charge in [-0.3, -0.25) is 4.79 Å². The molecule has 0 aliphatic rings. The second kappa shape index (κ2) is 13.6. The highest BCUT2D eigenvalue weighted by Crippen LogP contribution is 2.35. The predicted octanol–water partition coefficient (Wildman–Crippen LogP) is 7.28. The number of rotatable bonds is 10. The summed E-state index contributed by atoms with van der Waals surface area (Å²) in [6.07, 6.45) is 0. The average Bonchev–Trinajstić information content (AvgIpc) is 2.96. The second-order valence-electron chi connectivity index (χ2n) is 9.68. The number of benzene rings is 4. The van der Waals surface area contributed by atoms with Crippen molar-refractivity contribution in [3.8, 4) is 16.9 Å². The molecule has 0 unspecified atom stereocenters. The van der Waals surface area contributed by atoms with Crippen molar-refractivity contribution < 1.29 is 14.3 Å². The Kier molecular flexibility index (Phi) is 9.76. The van der Waals surface area contributed by atoms with Crippen molar-refractivity contribution in [3.05, 3.63) is 96.6 Å². The summed E-state index contributed by atoms with van der Waals surface area (Å²) in [5.41, 5.74) is 5.71. The summed E-state index contributed by atoms with van der Waals surface area (Å²) in [6.45, 7) is 2.48. The highest BCUT2D eigenvalue weighted by molar-refractivity contribution is 8.00. The van der Waals surface area contributed by atoms with Crippen LogP contribution >= 0.6 is 11.9 Å². The summed E-state index contributed by atoms with van der Waals surface area (Å²) in [4.78, 5) is 29.6. The monoisotopic (exact) mass is 569 g/mol. The van der Waals surface area contributed by atoms with Crippen LogP contribution in [0.5, 0.6) is 5.75 Å². The Bertz CT molecular complexity index is 1520. The summed E-state index contributed by atoms with van der Waals surface area (Å²) in [6, 6.07) is 28.4. The molecule has 0 aliphatic carbocycles. The fourth-order valence-corrected chi connectivity index (χ4v) is 4.83. The SMILES string of the molecule is CCOc1ccc(-c2cccc(C(=O)N(C)C)c2)cc1SNc1cccc(NC(=O)Nc2cccc(N(C)C)c2)c1. The zero-order chi connectivity index (χ0) is 29.4. The molecule has 0 atom stereocenters. The van der Waals surface area contributed by atoms with Crippen LogP contribution in [0.25, 0.3) is 11.1 Å². The summed E-state index contributed by atoms with van der Waals surface area (Å²) in [7, 11) is 7.39. The van der Waals surface area contributed by atoms with Crippen LogP contribution in [0.4, 0.5) is 27.5 Å². The van der Waals surface area contributed by atoms with Crippen molar-refractivity contribution in [2.45, 2.75) is 11.8 Å². The lowest BCUT2D eigenvalue weighted by Crippen LogP contribution is -2.21. The van der Waals surface area contributed by atoms with E-state index in [1.807, 2.05) is 117 Å². The first kappa shape index (κ1) is 29.4. The molecule has 0 bridgehead atoms. The highest BCUT2D eigenvalue weighted by Gasteiger charge is 2.12. The minimum Gasteiger partial charge on any atom is -0.493 e. The first-order valence-electron chi connectivity index (χ1n) is 13.2. The third-order valence-corrected chi connectivity index (χ3v) is 6.99. The van der Waals surface area contributed by atoms with Crippen LogP contribution in [0.3, 0.4) is 0 Å². The van der Waals surface area contributed by atoms with E-state index in [0.29, 0.717) is 23.5 Å². The highest BCUT2D eigenvalue weighted by atomic mass is 32.2. The minimum absolute atomic E-state index is 0.0432. The van der Waals surface area contributed by atoms with Crippen LogP contribution < -0.4 is 25.0 Å². The van der Waals surface area contributed by atoms with Crippen LogP contribution in [0.2, 0.25) is 0 Å². The van der Waals surface area contributed by atoms with Gasteiger partial charge in [-0.25, -0.2) is 4.79 Å². The third-order valence-electron chi connectivity index (χ3n) is 6.11. The molecule has 0 spiro atoms. The maximum atomic E-state index is 12.6. The molecule has 8 nitrogen and oxygen atoms in total. The largest absolute Gasteiger partial charge is 0.493 e. The van der Waals surface area contributed by atoms with Crippen LogP contribution in [-0.2, 0) is 0 Å². The van der Waals surface area contributed by atoms with Gasteiger partial charge in [0.2, 0.25) is 0 Å². The summed E-state index contributed by atoms with van der Waals surface area (Å²) in [5.74, 6) is 0.709. The molecule has 212 valence electrons. The van der Waals surface area contributed by atoms with Crippen molar-refractivity contribution in [2.24, 2.45) is 0 Å². The number of urea groups is 1. The van der Waals surface area contributed by atoms with Gasteiger partial charge in [-0.05, 0) is 90.7 Å². The molecule has 41 heavy (non-hydrogen) atoms. The molecular weight excluding hydrogens is 534 g/mol. The number of carbonyl (C=O) groups excluding carboxylic acids is 2. The number of hydrogen-bond donors (Lipinski definition) is 3. The van der Waals surface area contributed by atoms with E-state index in [4.69, 9.17) is 4.74 Å². The third kappa shape index (κ3) is 7.95. The normalized spacial score (nSPS) is 10.5. The van der Waals surface area contributed by atoms with Gasteiger partial charge in [0.25, 0.3) is 5.91 Å². The smallest absolute Gasteiger partial charge is 0.323 e. The molecule has 0 fully saturated rings. The Morgan fingerprint density at radius 2 is 1.41 bits per heavy atom. The van der Waals surface area contributed by atoms with Crippen molar-refractivity contribution in [1.29, 1.82) is 0 Å². The molecular formula is C32H35N5O3S. The molecule has 0 aliphatic heterocycles. The van der Waals surface area contributed by atoms with Gasteiger partial charge in [0.15, 0.2) is 0 Å². The van der Waals surface area contributed by atoms with Crippen LogP contribution in [0.1, 0.15) is 17.3 Å². The van der Waals surface area contributed by atoms with Gasteiger partial charge >= 0.3 is 6.03 Å². The summed E-state index contributed by atoms with van der Waals surface area (Å²) < 4.78 is 9.24. The lowest BCUT2D eigenvalue weighted by atomic mass is 10.0. The number of amides is 3. The molecule has 4 aromatic carbocycles. The molecule has 4 rings (SSSR count). The predicted molar refractivity (Wildman–Crippen MR) is 170 cm³/mol. The van der Waals surface area contributed by atoms with E-state index in [1.54, 1.807) is 19.0 Å². The number of nitrogens with zero attached hydrogens (tertiary/aromatic N) is 2. The van der Waals surface area contributed by atoms with Crippen molar-refractivity contribution in [3.63, 3.8) is 0 Å². The molecule has 4 aromatic rings. The van der Waals surface area contributed by atoms with Gasteiger partial charge < -0.3 is 29.9 Å². The fourth-order valence-electron chi connectivity index (χ4n) is 4.06. The van der Waals surface area contributed by atoms with E-state index in [0.717, 1.165) is 33.1 Å². The van der Waals surface area contributed by atoms with Crippen molar-refractivity contribution >= 4 is 46.6 Å². The Labute approximate surface area is 245 Å². The first-order chi connectivity index (χ1) is 19.7. The Balaban J connectivity index is 1.47. The number of anilines is 4. The number of nitrogens with one attached hydrogen (secondary N) is 3. The Morgan fingerprint density at radius 3 is 2.12 bits per heavy atom. The number of hydrogen-bond acceptors (Lipinski definition) is 6. The zero-order valence-electron chi connectivity index (χ0n) is 23.9. The molecule has 0 radical (unpaired) electrons. The average molecular weight is 570 g/mol. The van der Waals surface area contributed by atoms with E-state index in [2.05, 4.69) is 15.4 Å². The molecule has 0 saturated heterocycles. The topological polar surface area (TPSA) is 85.9 Å². The Hall–Kier alpha value is -4.63. The van der Waals surface area contributed by atoms with Gasteiger partial charge in [-0.2, -0.15) is 0 Å². The van der Waals surface area contributed by atoms with Crippen molar-refractivity contribution in [1.82, 2.24) is 4.90 Å². The molecule has 0 heterocycles. The Morgan fingerprint density at radius 1 is 0.756 bits per heavy atom. The molecule has 3 amide bonds. The molecule has 0 aromatic heterocycles. The lowest BCUT2D eigenvalue weighted by molar-refractivity contribution is 0.0827. The van der Waals surface area contributed by atoms with E-state index in [9.17, 15) is 9.59 Å². The van der Waals surface area contributed by atoms with Gasteiger partial charge in [0.05, 0.1) is 11.5 Å². The van der Waals surface area contributed by atoms with Crippen LogP contribution in [-0.4, -0.2) is 51.6 Å². The van der Waals surface area contributed by atoms with Crippen LogP contribution in [0, 0.1) is 0 Å². The summed E-state index contributed by atoms with van der Waals surface area (Å²) in [5, 5.41) is 5.77. The van der Waals surface area contributed by atoms with E-state index in [-0.39, 0.29) is 11.9 Å². The number of carbonyl (C=O) groups is 2. The molecule has 0 saturated carbocycles. The lowest BCUT2D eigenvalue weighted by Gasteiger charge is -2.15. The standard InChI is InChI=1S/C32H35N5O3S/c1-6-40-29-17-16-23(22-10-7-11-24(18-22)31(38)37(4)5)19-30(29)41-35-27-14-8-12-25(20-27)33-32(39)34-26-13-9-15-28(21-26)36(2)3/h7-21,35H,6H2,1-5H3,(H2,33,34,39).